The van der Waals surface area contributed by atoms with Gasteiger partial charge in [-0.1, -0.05) is 20.3 Å². The van der Waals surface area contributed by atoms with E-state index >= 15 is 0 Å². The number of rotatable bonds is 5. The summed E-state index contributed by atoms with van der Waals surface area (Å²) in [5.41, 5.74) is -0.576. The van der Waals surface area contributed by atoms with Gasteiger partial charge < -0.3 is 15.2 Å². The Morgan fingerprint density at radius 3 is 2.24 bits per heavy atom. The SMILES string of the molecule is CC[C@@H](C)[C@H](CC(=O)O)NC(=O)OC(C)(C)C. The molecule has 5 heteroatoms. The van der Waals surface area contributed by atoms with E-state index in [2.05, 4.69) is 5.32 Å². The van der Waals surface area contributed by atoms with Gasteiger partial charge in [0.05, 0.1) is 6.42 Å². The minimum absolute atomic E-state index is 0.0890. The van der Waals surface area contributed by atoms with Crippen LogP contribution in [0.3, 0.4) is 0 Å². The van der Waals surface area contributed by atoms with Crippen molar-refractivity contribution >= 4 is 12.1 Å². The van der Waals surface area contributed by atoms with Crippen LogP contribution in [0.4, 0.5) is 4.79 Å². The Labute approximate surface area is 103 Å². The quantitative estimate of drug-likeness (QED) is 0.779. The van der Waals surface area contributed by atoms with Gasteiger partial charge in [-0.15, -0.1) is 0 Å². The van der Waals surface area contributed by atoms with E-state index in [4.69, 9.17) is 9.84 Å². The molecule has 0 heterocycles. The van der Waals surface area contributed by atoms with Gasteiger partial charge in [-0.25, -0.2) is 4.79 Å². The van der Waals surface area contributed by atoms with Crippen LogP contribution in [0, 0.1) is 5.92 Å². The summed E-state index contributed by atoms with van der Waals surface area (Å²) >= 11 is 0. The van der Waals surface area contributed by atoms with Crippen LogP contribution in [-0.2, 0) is 9.53 Å². The van der Waals surface area contributed by atoms with Crippen LogP contribution >= 0.6 is 0 Å². The molecule has 0 aliphatic carbocycles. The monoisotopic (exact) mass is 245 g/mol. The number of carbonyl (C=O) groups excluding carboxylic acids is 1. The van der Waals surface area contributed by atoms with Gasteiger partial charge in [-0.05, 0) is 26.7 Å². The lowest BCUT2D eigenvalue weighted by molar-refractivity contribution is -0.137. The molecule has 2 atom stereocenters. The Kier molecular flexibility index (Phi) is 5.99. The number of ether oxygens (including phenoxy) is 1. The zero-order chi connectivity index (χ0) is 13.6. The molecule has 0 radical (unpaired) electrons. The second-order valence-corrected chi connectivity index (χ2v) is 5.24. The molecule has 0 aliphatic heterocycles. The fourth-order valence-electron chi connectivity index (χ4n) is 1.33. The van der Waals surface area contributed by atoms with Crippen molar-refractivity contribution in [2.24, 2.45) is 5.92 Å². The molecule has 0 aromatic carbocycles. The molecule has 0 saturated heterocycles. The van der Waals surface area contributed by atoms with E-state index in [0.717, 1.165) is 6.42 Å². The van der Waals surface area contributed by atoms with E-state index in [1.165, 1.54) is 0 Å². The van der Waals surface area contributed by atoms with E-state index in [-0.39, 0.29) is 12.3 Å². The number of carbonyl (C=O) groups is 2. The van der Waals surface area contributed by atoms with Crippen LogP contribution in [-0.4, -0.2) is 28.8 Å². The predicted molar refractivity (Wildman–Crippen MR) is 64.9 cm³/mol. The maximum atomic E-state index is 11.5. The van der Waals surface area contributed by atoms with Crippen molar-refractivity contribution in [2.45, 2.75) is 59.1 Å². The third-order valence-electron chi connectivity index (χ3n) is 2.43. The van der Waals surface area contributed by atoms with Crippen LogP contribution in [0.15, 0.2) is 0 Å². The Morgan fingerprint density at radius 2 is 1.88 bits per heavy atom. The predicted octanol–water partition coefficient (Wildman–Crippen LogP) is 2.40. The number of nitrogens with one attached hydrogen (secondary N) is 1. The van der Waals surface area contributed by atoms with Crippen molar-refractivity contribution < 1.29 is 19.4 Å². The molecule has 0 fully saturated rings. The third-order valence-corrected chi connectivity index (χ3v) is 2.43. The number of hydrogen-bond donors (Lipinski definition) is 2. The van der Waals surface area contributed by atoms with Crippen molar-refractivity contribution in [3.8, 4) is 0 Å². The van der Waals surface area contributed by atoms with Gasteiger partial charge in [0, 0.05) is 6.04 Å². The molecular weight excluding hydrogens is 222 g/mol. The molecule has 17 heavy (non-hydrogen) atoms. The maximum absolute atomic E-state index is 11.5. The molecule has 1 amide bonds. The summed E-state index contributed by atoms with van der Waals surface area (Å²) in [6, 6.07) is -0.396. The first-order valence-corrected chi connectivity index (χ1v) is 5.87. The summed E-state index contributed by atoms with van der Waals surface area (Å²) < 4.78 is 5.10. The zero-order valence-electron chi connectivity index (χ0n) is 11.2. The molecule has 0 spiro atoms. The first-order chi connectivity index (χ1) is 7.65. The summed E-state index contributed by atoms with van der Waals surface area (Å²) in [5.74, 6) is -0.829. The van der Waals surface area contributed by atoms with Crippen LogP contribution in [0.1, 0.15) is 47.5 Å². The smallest absolute Gasteiger partial charge is 0.407 e. The number of carboxylic acids is 1. The number of carboxylic acid groups (broad SMARTS) is 1. The fraction of sp³-hybridized carbons (Fsp3) is 0.833. The highest BCUT2D eigenvalue weighted by molar-refractivity contribution is 5.71. The average molecular weight is 245 g/mol. The Hall–Kier alpha value is -1.26. The molecule has 0 aromatic rings. The Bertz CT molecular complexity index is 270. The van der Waals surface area contributed by atoms with E-state index in [1.54, 1.807) is 20.8 Å². The van der Waals surface area contributed by atoms with Gasteiger partial charge in [0.25, 0.3) is 0 Å². The first kappa shape index (κ1) is 15.7. The van der Waals surface area contributed by atoms with Crippen LogP contribution in [0.25, 0.3) is 0 Å². The standard InChI is InChI=1S/C12H23NO4/c1-6-8(2)9(7-10(14)15)13-11(16)17-12(3,4)5/h8-9H,6-7H2,1-5H3,(H,13,16)(H,14,15)/t8-,9+/m1/s1. The maximum Gasteiger partial charge on any atom is 0.407 e. The minimum Gasteiger partial charge on any atom is -0.481 e. The fourth-order valence-corrected chi connectivity index (χ4v) is 1.33. The zero-order valence-corrected chi connectivity index (χ0v) is 11.2. The summed E-state index contributed by atoms with van der Waals surface area (Å²) in [4.78, 5) is 22.2. The van der Waals surface area contributed by atoms with Crippen molar-refractivity contribution in [2.75, 3.05) is 0 Å². The van der Waals surface area contributed by atoms with Gasteiger partial charge in [-0.2, -0.15) is 0 Å². The first-order valence-electron chi connectivity index (χ1n) is 5.87. The molecule has 0 bridgehead atoms. The largest absolute Gasteiger partial charge is 0.481 e. The van der Waals surface area contributed by atoms with Gasteiger partial charge in [-0.3, -0.25) is 4.79 Å². The minimum atomic E-state index is -0.925. The molecule has 0 unspecified atom stereocenters. The number of hydrogen-bond acceptors (Lipinski definition) is 3. The lowest BCUT2D eigenvalue weighted by Crippen LogP contribution is -2.43. The van der Waals surface area contributed by atoms with Crippen LogP contribution < -0.4 is 5.32 Å². The van der Waals surface area contributed by atoms with Crippen molar-refractivity contribution in [1.29, 1.82) is 0 Å². The Morgan fingerprint density at radius 1 is 1.35 bits per heavy atom. The molecule has 2 N–H and O–H groups in total. The topological polar surface area (TPSA) is 75.6 Å². The van der Waals surface area contributed by atoms with Crippen LogP contribution in [0.5, 0.6) is 0 Å². The molecule has 0 saturated carbocycles. The van der Waals surface area contributed by atoms with Gasteiger partial charge in [0.2, 0.25) is 0 Å². The molecule has 0 aromatic heterocycles. The van der Waals surface area contributed by atoms with E-state index in [9.17, 15) is 9.59 Å². The van der Waals surface area contributed by atoms with E-state index in [0.29, 0.717) is 0 Å². The van der Waals surface area contributed by atoms with Gasteiger partial charge in [0.15, 0.2) is 0 Å². The molecule has 0 aliphatic rings. The molecular formula is C12H23NO4. The number of amides is 1. The second-order valence-electron chi connectivity index (χ2n) is 5.24. The van der Waals surface area contributed by atoms with E-state index in [1.807, 2.05) is 13.8 Å². The number of alkyl carbamates (subject to hydrolysis) is 1. The summed E-state index contributed by atoms with van der Waals surface area (Å²) in [5, 5.41) is 11.4. The van der Waals surface area contributed by atoms with Crippen molar-refractivity contribution in [1.82, 2.24) is 5.32 Å². The van der Waals surface area contributed by atoms with Gasteiger partial charge in [0.1, 0.15) is 5.60 Å². The summed E-state index contributed by atoms with van der Waals surface area (Å²) in [6.45, 7) is 9.16. The molecule has 5 nitrogen and oxygen atoms in total. The lowest BCUT2D eigenvalue weighted by atomic mass is 9.96. The third kappa shape index (κ3) is 7.60. The van der Waals surface area contributed by atoms with E-state index < -0.39 is 23.7 Å². The highest BCUT2D eigenvalue weighted by Gasteiger charge is 2.24. The van der Waals surface area contributed by atoms with Crippen molar-refractivity contribution in [3.63, 3.8) is 0 Å². The molecule has 100 valence electrons. The summed E-state index contributed by atoms with van der Waals surface area (Å²) in [7, 11) is 0. The highest BCUT2D eigenvalue weighted by Crippen LogP contribution is 2.13. The van der Waals surface area contributed by atoms with Crippen LogP contribution in [0.2, 0.25) is 0 Å². The summed E-state index contributed by atoms with van der Waals surface area (Å²) in [6.07, 6.45) is 0.145. The Balaban J connectivity index is 4.42. The van der Waals surface area contributed by atoms with Gasteiger partial charge >= 0.3 is 12.1 Å². The second kappa shape index (κ2) is 6.47. The molecule has 0 rings (SSSR count). The number of aliphatic carboxylic acids is 1. The lowest BCUT2D eigenvalue weighted by Gasteiger charge is -2.25. The highest BCUT2D eigenvalue weighted by atomic mass is 16.6. The average Bonchev–Trinajstić information content (AvgIpc) is 2.11. The normalized spacial score (nSPS) is 14.9. The van der Waals surface area contributed by atoms with Crippen molar-refractivity contribution in [3.05, 3.63) is 0 Å².